The number of aryl methyl sites for hydroxylation is 1. The van der Waals surface area contributed by atoms with Crippen molar-refractivity contribution >= 4 is 11.5 Å². The second-order valence-electron chi connectivity index (χ2n) is 7.68. The summed E-state index contributed by atoms with van der Waals surface area (Å²) in [7, 11) is 4.58. The first-order chi connectivity index (χ1) is 15.9. The van der Waals surface area contributed by atoms with Gasteiger partial charge in [-0.25, -0.2) is 0 Å². The van der Waals surface area contributed by atoms with Gasteiger partial charge in [-0.3, -0.25) is 4.79 Å². The number of carbonyl (C=O) groups excluding carboxylic acids is 1. The zero-order chi connectivity index (χ0) is 23.5. The number of ketones is 1. The molecule has 0 spiro atoms. The summed E-state index contributed by atoms with van der Waals surface area (Å²) in [5.74, 6) is 1.10. The average molecular weight is 443 g/mol. The number of nitrogen functional groups attached to an aromatic ring is 1. The summed E-state index contributed by atoms with van der Waals surface area (Å²) in [6.07, 6.45) is 1.96. The lowest BCUT2D eigenvalue weighted by molar-refractivity contribution is 0.103. The fourth-order valence-corrected chi connectivity index (χ4v) is 3.75. The summed E-state index contributed by atoms with van der Waals surface area (Å²) < 4.78 is 18.2. The zero-order valence-electron chi connectivity index (χ0n) is 19.1. The second-order valence-corrected chi connectivity index (χ2v) is 7.68. The van der Waals surface area contributed by atoms with Crippen LogP contribution >= 0.6 is 0 Å². The number of aromatic nitrogens is 1. The Morgan fingerprint density at radius 3 is 1.94 bits per heavy atom. The van der Waals surface area contributed by atoms with Crippen LogP contribution in [0.1, 0.15) is 21.6 Å². The molecule has 4 aromatic rings. The Kier molecular flexibility index (Phi) is 6.09. The maximum Gasteiger partial charge on any atom is 0.210 e. The summed E-state index contributed by atoms with van der Waals surface area (Å²) in [6.45, 7) is 2.04. The van der Waals surface area contributed by atoms with Crippen molar-refractivity contribution in [2.24, 2.45) is 0 Å². The summed E-state index contributed by atoms with van der Waals surface area (Å²) in [5.41, 5.74) is 11.4. The average Bonchev–Trinajstić information content (AvgIpc) is 3.28. The molecule has 3 aromatic carbocycles. The van der Waals surface area contributed by atoms with Gasteiger partial charge in [0.2, 0.25) is 11.5 Å². The number of rotatable bonds is 7. The van der Waals surface area contributed by atoms with Crippen molar-refractivity contribution in [2.45, 2.75) is 6.92 Å². The normalized spacial score (nSPS) is 10.7. The van der Waals surface area contributed by atoms with Gasteiger partial charge < -0.3 is 24.5 Å². The Labute approximate surface area is 193 Å². The number of anilines is 1. The highest BCUT2D eigenvalue weighted by Crippen LogP contribution is 2.39. The maximum atomic E-state index is 13.7. The molecule has 0 amide bonds. The number of nitrogens with two attached hydrogens (primary N) is 1. The molecule has 0 atom stereocenters. The standard InChI is InChI=1S/C27H26N2O4/c1-17-5-7-18(8-6-17)20-13-23(29(16-20)22-11-9-21(28)10-12-22)26(30)19-14-24(31-2)27(33-4)25(15-19)32-3/h5-16H,28H2,1-4H3. The topological polar surface area (TPSA) is 75.7 Å². The molecular weight excluding hydrogens is 416 g/mol. The highest BCUT2D eigenvalue weighted by Gasteiger charge is 2.22. The van der Waals surface area contributed by atoms with E-state index in [2.05, 4.69) is 12.1 Å². The predicted octanol–water partition coefficient (Wildman–Crippen LogP) is 5.29. The molecule has 6 nitrogen and oxygen atoms in total. The third-order valence-electron chi connectivity index (χ3n) is 5.54. The van der Waals surface area contributed by atoms with Crippen molar-refractivity contribution in [3.05, 3.63) is 89.7 Å². The van der Waals surface area contributed by atoms with E-state index < -0.39 is 0 Å². The Balaban J connectivity index is 1.87. The zero-order valence-corrected chi connectivity index (χ0v) is 19.1. The fraction of sp³-hybridized carbons (Fsp3) is 0.148. The van der Waals surface area contributed by atoms with Gasteiger partial charge in [-0.15, -0.1) is 0 Å². The molecule has 6 heteroatoms. The minimum Gasteiger partial charge on any atom is -0.493 e. The largest absolute Gasteiger partial charge is 0.493 e. The van der Waals surface area contributed by atoms with Crippen LogP contribution in [0.15, 0.2) is 72.9 Å². The van der Waals surface area contributed by atoms with Gasteiger partial charge >= 0.3 is 0 Å². The minimum atomic E-state index is -0.176. The van der Waals surface area contributed by atoms with Gasteiger partial charge in [0.05, 0.1) is 27.0 Å². The van der Waals surface area contributed by atoms with Crippen molar-refractivity contribution in [1.82, 2.24) is 4.57 Å². The van der Waals surface area contributed by atoms with Gasteiger partial charge in [-0.1, -0.05) is 29.8 Å². The van der Waals surface area contributed by atoms with Crippen LogP contribution in [0.2, 0.25) is 0 Å². The summed E-state index contributed by atoms with van der Waals surface area (Å²) in [5, 5.41) is 0. The second kappa shape index (κ2) is 9.12. The van der Waals surface area contributed by atoms with Crippen molar-refractivity contribution < 1.29 is 19.0 Å². The molecule has 2 N–H and O–H groups in total. The number of methoxy groups -OCH3 is 3. The number of nitrogens with zero attached hydrogens (tertiary/aromatic N) is 1. The first-order valence-corrected chi connectivity index (χ1v) is 10.4. The van der Waals surface area contributed by atoms with E-state index in [1.54, 1.807) is 12.1 Å². The van der Waals surface area contributed by atoms with E-state index in [4.69, 9.17) is 19.9 Å². The third-order valence-corrected chi connectivity index (χ3v) is 5.54. The summed E-state index contributed by atoms with van der Waals surface area (Å²) >= 11 is 0. The lowest BCUT2D eigenvalue weighted by atomic mass is 10.0. The van der Waals surface area contributed by atoms with Gasteiger partial charge in [-0.05, 0) is 55.0 Å². The lowest BCUT2D eigenvalue weighted by Crippen LogP contribution is -2.09. The molecular formula is C27H26N2O4. The van der Waals surface area contributed by atoms with Gasteiger partial charge in [0.15, 0.2) is 11.5 Å². The van der Waals surface area contributed by atoms with Gasteiger partial charge in [-0.2, -0.15) is 0 Å². The van der Waals surface area contributed by atoms with Crippen molar-refractivity contribution in [2.75, 3.05) is 27.1 Å². The van der Waals surface area contributed by atoms with Crippen molar-refractivity contribution in [3.8, 4) is 34.1 Å². The molecule has 0 aliphatic rings. The van der Waals surface area contributed by atoms with E-state index in [9.17, 15) is 4.79 Å². The molecule has 0 aliphatic heterocycles. The van der Waals surface area contributed by atoms with Crippen LogP contribution in [0.3, 0.4) is 0 Å². The Hall–Kier alpha value is -4.19. The van der Waals surface area contributed by atoms with E-state index in [-0.39, 0.29) is 5.78 Å². The predicted molar refractivity (Wildman–Crippen MR) is 130 cm³/mol. The maximum absolute atomic E-state index is 13.7. The highest BCUT2D eigenvalue weighted by atomic mass is 16.5. The van der Waals surface area contributed by atoms with Crippen LogP contribution < -0.4 is 19.9 Å². The number of benzene rings is 3. The van der Waals surface area contributed by atoms with E-state index in [1.807, 2.05) is 60.2 Å². The first-order valence-electron chi connectivity index (χ1n) is 10.4. The van der Waals surface area contributed by atoms with Crippen molar-refractivity contribution in [1.29, 1.82) is 0 Å². The monoisotopic (exact) mass is 442 g/mol. The molecule has 4 rings (SSSR count). The molecule has 1 heterocycles. The Morgan fingerprint density at radius 2 is 1.39 bits per heavy atom. The molecule has 0 fully saturated rings. The number of hydrogen-bond acceptors (Lipinski definition) is 5. The molecule has 0 radical (unpaired) electrons. The van der Waals surface area contributed by atoms with E-state index in [0.717, 1.165) is 16.8 Å². The Bertz CT molecular complexity index is 1260. The van der Waals surface area contributed by atoms with Crippen LogP contribution in [0.25, 0.3) is 16.8 Å². The highest BCUT2D eigenvalue weighted by molar-refractivity contribution is 6.09. The van der Waals surface area contributed by atoms with Crippen LogP contribution in [0.4, 0.5) is 5.69 Å². The minimum absolute atomic E-state index is 0.176. The molecule has 0 saturated heterocycles. The quantitative estimate of drug-likeness (QED) is 0.311. The van der Waals surface area contributed by atoms with E-state index in [1.165, 1.54) is 26.9 Å². The molecule has 1 aromatic heterocycles. The van der Waals surface area contributed by atoms with E-state index >= 15 is 0 Å². The van der Waals surface area contributed by atoms with Gasteiger partial charge in [0.1, 0.15) is 0 Å². The van der Waals surface area contributed by atoms with E-state index in [0.29, 0.717) is 34.2 Å². The van der Waals surface area contributed by atoms with Crippen LogP contribution in [-0.2, 0) is 0 Å². The number of carbonyl (C=O) groups is 1. The first kappa shape index (κ1) is 22.0. The smallest absolute Gasteiger partial charge is 0.210 e. The lowest BCUT2D eigenvalue weighted by Gasteiger charge is -2.14. The summed E-state index contributed by atoms with van der Waals surface area (Å²) in [4.78, 5) is 13.7. The fourth-order valence-electron chi connectivity index (χ4n) is 3.75. The number of hydrogen-bond donors (Lipinski definition) is 1. The molecule has 0 saturated carbocycles. The van der Waals surface area contributed by atoms with Crippen LogP contribution in [-0.4, -0.2) is 31.7 Å². The molecule has 33 heavy (non-hydrogen) atoms. The van der Waals surface area contributed by atoms with Crippen LogP contribution in [0, 0.1) is 6.92 Å². The van der Waals surface area contributed by atoms with Crippen molar-refractivity contribution in [3.63, 3.8) is 0 Å². The summed E-state index contributed by atoms with van der Waals surface area (Å²) in [6, 6.07) is 20.8. The molecule has 0 aliphatic carbocycles. The van der Waals surface area contributed by atoms with Gasteiger partial charge in [0, 0.05) is 28.7 Å². The molecule has 0 unspecified atom stereocenters. The Morgan fingerprint density at radius 1 is 0.788 bits per heavy atom. The molecule has 168 valence electrons. The van der Waals surface area contributed by atoms with Gasteiger partial charge in [0.25, 0.3) is 0 Å². The number of ether oxygens (including phenoxy) is 3. The third kappa shape index (κ3) is 4.28. The van der Waals surface area contributed by atoms with Crippen LogP contribution in [0.5, 0.6) is 17.2 Å². The molecule has 0 bridgehead atoms. The SMILES string of the molecule is COc1cc(C(=O)c2cc(-c3ccc(C)cc3)cn2-c2ccc(N)cc2)cc(OC)c1OC.